The number of amides is 1. The van der Waals surface area contributed by atoms with Crippen LogP contribution in [0.2, 0.25) is 0 Å². The van der Waals surface area contributed by atoms with Crippen LogP contribution >= 0.6 is 0 Å². The van der Waals surface area contributed by atoms with Crippen molar-refractivity contribution in [3.63, 3.8) is 0 Å². The summed E-state index contributed by atoms with van der Waals surface area (Å²) < 4.78 is 23.0. The number of ether oxygens (including phenoxy) is 4. The first kappa shape index (κ1) is 87.6. The zero-order valence-corrected chi connectivity index (χ0v) is 60.3. The van der Waals surface area contributed by atoms with E-state index >= 15 is 0 Å². The Kier molecular flexibility index (Phi) is 60.1. The molecule has 12 unspecified atom stereocenters. The normalized spacial score (nSPS) is 22.6. The standard InChI is InChI=1S/C79H151NO13/c1-3-5-7-9-11-13-15-17-19-21-23-25-27-28-29-30-31-32-33-34-35-36-37-38-39-40-41-43-45-47-49-51-53-55-57-59-61-63-71(84)80-67(66-90-78-76(89)74(87)77(70(65-82)92-78)93-79-75(88)73(86)72(85)69(64-81)91-79)68(83)62-60-58-56-54-52-50-48-46-44-42-26-24-22-20-18-16-14-12-10-8-6-4-2/h15,17,21,23,67-70,72-79,81-83,85-89H,3-14,16,18-20,22,24-66H2,1-2H3,(H,80,84)/b17-15-,23-21-. The quantitative estimate of drug-likeness (QED) is 0.0204. The first-order chi connectivity index (χ1) is 45.6. The van der Waals surface area contributed by atoms with Gasteiger partial charge in [0.25, 0.3) is 0 Å². The smallest absolute Gasteiger partial charge is 0.220 e. The van der Waals surface area contributed by atoms with Gasteiger partial charge in [-0.1, -0.05) is 353 Å². The van der Waals surface area contributed by atoms with Gasteiger partial charge in [0.2, 0.25) is 5.91 Å². The molecular weight excluding hydrogens is 1170 g/mol. The van der Waals surface area contributed by atoms with Crippen molar-refractivity contribution in [1.29, 1.82) is 0 Å². The molecule has 0 spiro atoms. The van der Waals surface area contributed by atoms with E-state index in [-0.39, 0.29) is 12.5 Å². The molecule has 0 aromatic heterocycles. The molecule has 0 radical (unpaired) electrons. The van der Waals surface area contributed by atoms with Crippen LogP contribution in [-0.4, -0.2) is 140 Å². The van der Waals surface area contributed by atoms with Crippen LogP contribution < -0.4 is 5.32 Å². The summed E-state index contributed by atoms with van der Waals surface area (Å²) in [6.45, 7) is 2.92. The maximum Gasteiger partial charge on any atom is 0.220 e. The highest BCUT2D eigenvalue weighted by Crippen LogP contribution is 2.30. The van der Waals surface area contributed by atoms with Gasteiger partial charge < -0.3 is 65.1 Å². The zero-order chi connectivity index (χ0) is 67.3. The molecule has 2 rings (SSSR count). The second-order valence-electron chi connectivity index (χ2n) is 28.6. The van der Waals surface area contributed by atoms with Gasteiger partial charge in [-0.25, -0.2) is 0 Å². The van der Waals surface area contributed by atoms with Crippen molar-refractivity contribution in [2.75, 3.05) is 19.8 Å². The molecule has 0 aromatic carbocycles. The number of nitrogens with one attached hydrogen (secondary N) is 1. The minimum Gasteiger partial charge on any atom is -0.394 e. The van der Waals surface area contributed by atoms with Crippen molar-refractivity contribution in [2.45, 2.75) is 453 Å². The molecule has 0 saturated carbocycles. The predicted octanol–water partition coefficient (Wildman–Crippen LogP) is 17.9. The van der Waals surface area contributed by atoms with Crippen molar-refractivity contribution in [3.8, 4) is 0 Å². The monoisotopic (exact) mass is 1320 g/mol. The molecular formula is C79H151NO13. The van der Waals surface area contributed by atoms with Crippen LogP contribution in [0, 0.1) is 0 Å². The Morgan fingerprint density at radius 1 is 0.387 bits per heavy atom. The number of unbranched alkanes of at least 4 members (excludes halogenated alkanes) is 51. The Morgan fingerprint density at radius 3 is 1.08 bits per heavy atom. The molecule has 2 aliphatic heterocycles. The summed E-state index contributed by atoms with van der Waals surface area (Å²) in [5, 5.41) is 87.8. The summed E-state index contributed by atoms with van der Waals surface area (Å²) in [5.41, 5.74) is 0. The van der Waals surface area contributed by atoms with Gasteiger partial charge in [0.05, 0.1) is 32.0 Å². The maximum atomic E-state index is 13.4. The van der Waals surface area contributed by atoms with Crippen molar-refractivity contribution < 1.29 is 64.6 Å². The van der Waals surface area contributed by atoms with Gasteiger partial charge in [0, 0.05) is 6.42 Å². The van der Waals surface area contributed by atoms with E-state index in [1.54, 1.807) is 0 Å². The van der Waals surface area contributed by atoms with E-state index in [2.05, 4.69) is 43.5 Å². The van der Waals surface area contributed by atoms with Crippen molar-refractivity contribution >= 4 is 5.91 Å². The first-order valence-corrected chi connectivity index (χ1v) is 40.1. The summed E-state index contributed by atoms with van der Waals surface area (Å²) in [7, 11) is 0. The van der Waals surface area contributed by atoms with Crippen LogP contribution in [0.4, 0.5) is 0 Å². The van der Waals surface area contributed by atoms with Gasteiger partial charge in [-0.15, -0.1) is 0 Å². The number of carbonyl (C=O) groups is 1. The van der Waals surface area contributed by atoms with E-state index in [0.29, 0.717) is 12.8 Å². The molecule has 0 aromatic rings. The summed E-state index contributed by atoms with van der Waals surface area (Å²) >= 11 is 0. The minimum atomic E-state index is -1.78. The van der Waals surface area contributed by atoms with E-state index in [1.165, 1.54) is 295 Å². The molecule has 550 valence electrons. The van der Waals surface area contributed by atoms with E-state index < -0.39 is 86.8 Å². The molecule has 1 amide bonds. The maximum absolute atomic E-state index is 13.4. The van der Waals surface area contributed by atoms with Crippen LogP contribution in [0.25, 0.3) is 0 Å². The third-order valence-electron chi connectivity index (χ3n) is 19.9. The SMILES string of the molecule is CCCCCCC/C=C\C/C=C\CCCCCCCCCCCCCCCCCCCCCCCCCCCC(=O)NC(COC1OC(CO)C(OC2OC(CO)C(O)C(O)C2O)C(O)C1O)C(O)CCCCCCCCCCCCCCCCCCCCCCCC. The number of aliphatic hydroxyl groups is 8. The Morgan fingerprint density at radius 2 is 0.710 bits per heavy atom. The van der Waals surface area contributed by atoms with Crippen LogP contribution in [0.15, 0.2) is 24.3 Å². The van der Waals surface area contributed by atoms with Crippen molar-refractivity contribution in [1.82, 2.24) is 5.32 Å². The van der Waals surface area contributed by atoms with E-state index in [9.17, 15) is 45.6 Å². The Hall–Kier alpha value is -1.53. The summed E-state index contributed by atoms with van der Waals surface area (Å²) in [5.74, 6) is -0.197. The molecule has 0 bridgehead atoms. The van der Waals surface area contributed by atoms with Gasteiger partial charge in [-0.3, -0.25) is 4.79 Å². The average molecular weight is 1320 g/mol. The third-order valence-corrected chi connectivity index (χ3v) is 19.9. The molecule has 2 heterocycles. The molecule has 93 heavy (non-hydrogen) atoms. The summed E-state index contributed by atoms with van der Waals surface area (Å²) in [4.78, 5) is 13.4. The highest BCUT2D eigenvalue weighted by atomic mass is 16.7. The molecule has 2 saturated heterocycles. The predicted molar refractivity (Wildman–Crippen MR) is 383 cm³/mol. The summed E-state index contributed by atoms with van der Waals surface area (Å²) in [6.07, 6.45) is 65.1. The fraction of sp³-hybridized carbons (Fsp3) is 0.937. The lowest BCUT2D eigenvalue weighted by Crippen LogP contribution is -2.65. The lowest BCUT2D eigenvalue weighted by Gasteiger charge is -2.46. The zero-order valence-electron chi connectivity index (χ0n) is 60.3. The van der Waals surface area contributed by atoms with Crippen LogP contribution in [0.3, 0.4) is 0 Å². The minimum absolute atomic E-state index is 0.197. The summed E-state index contributed by atoms with van der Waals surface area (Å²) in [6, 6.07) is -0.827. The lowest BCUT2D eigenvalue weighted by molar-refractivity contribution is -0.359. The van der Waals surface area contributed by atoms with Crippen molar-refractivity contribution in [2.24, 2.45) is 0 Å². The van der Waals surface area contributed by atoms with Gasteiger partial charge in [-0.2, -0.15) is 0 Å². The van der Waals surface area contributed by atoms with E-state index in [0.717, 1.165) is 57.8 Å². The van der Waals surface area contributed by atoms with E-state index in [4.69, 9.17) is 18.9 Å². The van der Waals surface area contributed by atoms with Crippen molar-refractivity contribution in [3.05, 3.63) is 24.3 Å². The highest BCUT2D eigenvalue weighted by Gasteiger charge is 2.51. The second-order valence-corrected chi connectivity index (χ2v) is 28.6. The van der Waals surface area contributed by atoms with Gasteiger partial charge in [0.15, 0.2) is 12.6 Å². The first-order valence-electron chi connectivity index (χ1n) is 40.1. The van der Waals surface area contributed by atoms with E-state index in [1.807, 2.05) is 0 Å². The highest BCUT2D eigenvalue weighted by molar-refractivity contribution is 5.76. The Bertz CT molecular complexity index is 1650. The molecule has 14 nitrogen and oxygen atoms in total. The Labute approximate surface area is 570 Å². The number of carbonyl (C=O) groups excluding carboxylic acids is 1. The number of rotatable bonds is 68. The fourth-order valence-electron chi connectivity index (χ4n) is 13.6. The molecule has 12 atom stereocenters. The van der Waals surface area contributed by atoms with Gasteiger partial charge >= 0.3 is 0 Å². The topological polar surface area (TPSA) is 228 Å². The number of hydrogen-bond acceptors (Lipinski definition) is 13. The van der Waals surface area contributed by atoms with Crippen LogP contribution in [0.1, 0.15) is 380 Å². The van der Waals surface area contributed by atoms with Gasteiger partial charge in [-0.05, 0) is 44.9 Å². The molecule has 0 aliphatic carbocycles. The second kappa shape index (κ2) is 63.9. The van der Waals surface area contributed by atoms with Crippen LogP contribution in [0.5, 0.6) is 0 Å². The number of aliphatic hydroxyl groups excluding tert-OH is 8. The lowest BCUT2D eigenvalue weighted by atomic mass is 9.97. The largest absolute Gasteiger partial charge is 0.394 e. The fourth-order valence-corrected chi connectivity index (χ4v) is 13.6. The third kappa shape index (κ3) is 47.2. The molecule has 9 N–H and O–H groups in total. The molecule has 2 aliphatic rings. The van der Waals surface area contributed by atoms with Crippen LogP contribution in [-0.2, 0) is 23.7 Å². The number of allylic oxidation sites excluding steroid dienone is 4. The number of hydrogen-bond donors (Lipinski definition) is 9. The average Bonchev–Trinajstić information content (AvgIpc) is 0.852. The molecule has 2 fully saturated rings. The van der Waals surface area contributed by atoms with Gasteiger partial charge in [0.1, 0.15) is 48.8 Å². The molecule has 14 heteroatoms. The Balaban J connectivity index is 1.57.